The summed E-state index contributed by atoms with van der Waals surface area (Å²) in [6.45, 7) is 1.22. The zero-order valence-electron chi connectivity index (χ0n) is 12.6. The lowest BCUT2D eigenvalue weighted by Crippen LogP contribution is -2.49. The fourth-order valence-electron chi connectivity index (χ4n) is 3.07. The largest absolute Gasteiger partial charge is 0.396 e. The Morgan fingerprint density at radius 3 is 1.95 bits per heavy atom. The van der Waals surface area contributed by atoms with Gasteiger partial charge in [0.1, 0.15) is 18.3 Å². The maximum atomic E-state index is 9.99. The van der Waals surface area contributed by atoms with E-state index in [0.29, 0.717) is 0 Å². The van der Waals surface area contributed by atoms with Gasteiger partial charge < -0.3 is 40.9 Å². The molecule has 0 heterocycles. The first-order chi connectivity index (χ1) is 10.2. The van der Waals surface area contributed by atoms with Crippen molar-refractivity contribution in [2.24, 2.45) is 11.8 Å². The number of aliphatic hydroxyl groups excluding tert-OH is 8. The number of hydrogen-bond donors (Lipinski definition) is 8. The summed E-state index contributed by atoms with van der Waals surface area (Å²) in [7, 11) is 0. The van der Waals surface area contributed by atoms with Gasteiger partial charge in [-0.1, -0.05) is 6.92 Å². The van der Waals surface area contributed by atoms with E-state index >= 15 is 0 Å². The highest BCUT2D eigenvalue weighted by Crippen LogP contribution is 2.36. The molecule has 0 aromatic rings. The molecular formula is C14H28O8. The molecule has 1 rings (SSSR count). The molecule has 4 unspecified atom stereocenters. The molecule has 8 nitrogen and oxygen atoms in total. The van der Waals surface area contributed by atoms with E-state index in [9.17, 15) is 40.9 Å². The third kappa shape index (κ3) is 4.36. The molecule has 1 aliphatic carbocycles. The van der Waals surface area contributed by atoms with Crippen LogP contribution in [0, 0.1) is 11.8 Å². The van der Waals surface area contributed by atoms with Gasteiger partial charge in [0.15, 0.2) is 0 Å². The first kappa shape index (κ1) is 19.7. The van der Waals surface area contributed by atoms with Crippen molar-refractivity contribution in [1.29, 1.82) is 0 Å². The minimum atomic E-state index is -1.73. The smallest absolute Gasteiger partial charge is 0.111 e. The molecule has 1 saturated carbocycles. The molecule has 9 atom stereocenters. The van der Waals surface area contributed by atoms with Crippen LogP contribution in [-0.2, 0) is 0 Å². The molecule has 22 heavy (non-hydrogen) atoms. The molecule has 0 radical (unpaired) electrons. The zero-order chi connectivity index (χ0) is 17.0. The van der Waals surface area contributed by atoms with Crippen LogP contribution < -0.4 is 0 Å². The fraction of sp³-hybridized carbons (Fsp3) is 1.00. The van der Waals surface area contributed by atoms with E-state index in [-0.39, 0.29) is 25.9 Å². The molecule has 1 aliphatic rings. The van der Waals surface area contributed by atoms with Gasteiger partial charge in [0.25, 0.3) is 0 Å². The van der Waals surface area contributed by atoms with Crippen molar-refractivity contribution < 1.29 is 40.9 Å². The molecule has 0 spiro atoms. The summed E-state index contributed by atoms with van der Waals surface area (Å²) in [5, 5.41) is 77.3. The second-order valence-electron chi connectivity index (χ2n) is 6.15. The molecule has 8 heteroatoms. The molecule has 0 aromatic heterocycles. The summed E-state index contributed by atoms with van der Waals surface area (Å²) in [5.74, 6) is -1.06. The van der Waals surface area contributed by atoms with E-state index in [4.69, 9.17) is 0 Å². The van der Waals surface area contributed by atoms with Gasteiger partial charge in [-0.2, -0.15) is 0 Å². The zero-order valence-corrected chi connectivity index (χ0v) is 12.6. The lowest BCUT2D eigenvalue weighted by molar-refractivity contribution is -0.138. The predicted molar refractivity (Wildman–Crippen MR) is 75.6 cm³/mol. The summed E-state index contributed by atoms with van der Waals surface area (Å²) in [6, 6.07) is 0. The Hall–Kier alpha value is -0.320. The average Bonchev–Trinajstić information content (AvgIpc) is 2.77. The van der Waals surface area contributed by atoms with Crippen molar-refractivity contribution in [2.75, 3.05) is 6.61 Å². The first-order valence-electron chi connectivity index (χ1n) is 7.61. The molecule has 132 valence electrons. The van der Waals surface area contributed by atoms with Crippen LogP contribution in [0.15, 0.2) is 0 Å². The van der Waals surface area contributed by atoms with Gasteiger partial charge in [-0.15, -0.1) is 0 Å². The van der Waals surface area contributed by atoms with E-state index in [0.717, 1.165) is 0 Å². The number of hydrogen-bond acceptors (Lipinski definition) is 8. The van der Waals surface area contributed by atoms with Crippen molar-refractivity contribution in [3.63, 3.8) is 0 Å². The molecule has 8 N–H and O–H groups in total. The van der Waals surface area contributed by atoms with E-state index < -0.39 is 54.6 Å². The van der Waals surface area contributed by atoms with Gasteiger partial charge in [0, 0.05) is 12.5 Å². The Morgan fingerprint density at radius 1 is 0.909 bits per heavy atom. The van der Waals surface area contributed by atoms with Gasteiger partial charge in [-0.25, -0.2) is 0 Å². The molecular weight excluding hydrogens is 296 g/mol. The van der Waals surface area contributed by atoms with Gasteiger partial charge in [0.2, 0.25) is 0 Å². The van der Waals surface area contributed by atoms with Gasteiger partial charge >= 0.3 is 0 Å². The second-order valence-corrected chi connectivity index (χ2v) is 6.15. The lowest BCUT2D eigenvalue weighted by Gasteiger charge is -2.30. The molecule has 0 aromatic carbocycles. The Bertz CT molecular complexity index is 328. The third-order valence-electron chi connectivity index (χ3n) is 4.64. The maximum absolute atomic E-state index is 9.99. The van der Waals surface area contributed by atoms with Crippen LogP contribution in [0.4, 0.5) is 0 Å². The number of rotatable bonds is 8. The SMILES string of the molecule is CCC(O)C(O)[C@@H](O)C(O)[C@H](O)CC1C[C@@H](O)[C@H](O)[C@H]1CO. The quantitative estimate of drug-likeness (QED) is 0.233. The maximum Gasteiger partial charge on any atom is 0.111 e. The average molecular weight is 324 g/mol. The van der Waals surface area contributed by atoms with Crippen LogP contribution in [0.1, 0.15) is 26.2 Å². The molecule has 0 aliphatic heterocycles. The Kier molecular flexibility index (Phi) is 7.63. The lowest BCUT2D eigenvalue weighted by atomic mass is 9.87. The molecule has 1 fully saturated rings. The van der Waals surface area contributed by atoms with Crippen LogP contribution in [0.5, 0.6) is 0 Å². The van der Waals surface area contributed by atoms with Crippen molar-refractivity contribution >= 4 is 0 Å². The molecule has 0 saturated heterocycles. The Morgan fingerprint density at radius 2 is 1.45 bits per heavy atom. The van der Waals surface area contributed by atoms with Crippen LogP contribution >= 0.6 is 0 Å². The standard InChI is InChI=1S/C14H28O8/c1-2-8(16)12(20)14(22)13(21)10(18)4-6-3-9(17)11(19)7(6)5-15/h6-22H,2-5H2,1H3/t6?,7-,8?,9+,10+,11+,12?,13?,14+/m0/s1. The normalized spacial score (nSPS) is 35.9. The van der Waals surface area contributed by atoms with Crippen molar-refractivity contribution in [1.82, 2.24) is 0 Å². The predicted octanol–water partition coefficient (Wildman–Crippen LogP) is -3.06. The summed E-state index contributed by atoms with van der Waals surface area (Å²) in [4.78, 5) is 0. The summed E-state index contributed by atoms with van der Waals surface area (Å²) >= 11 is 0. The summed E-state index contributed by atoms with van der Waals surface area (Å²) in [6.07, 6.45) is -9.50. The van der Waals surface area contributed by atoms with Gasteiger partial charge in [0.05, 0.1) is 24.4 Å². The van der Waals surface area contributed by atoms with E-state index in [1.807, 2.05) is 0 Å². The van der Waals surface area contributed by atoms with E-state index in [2.05, 4.69) is 0 Å². The highest BCUT2D eigenvalue weighted by atomic mass is 16.4. The minimum absolute atomic E-state index is 0.0630. The van der Waals surface area contributed by atoms with E-state index in [1.165, 1.54) is 0 Å². The third-order valence-corrected chi connectivity index (χ3v) is 4.64. The first-order valence-corrected chi connectivity index (χ1v) is 7.61. The highest BCUT2D eigenvalue weighted by Gasteiger charge is 2.43. The van der Waals surface area contributed by atoms with Crippen LogP contribution in [0.3, 0.4) is 0 Å². The van der Waals surface area contributed by atoms with Crippen molar-refractivity contribution in [3.8, 4) is 0 Å². The minimum Gasteiger partial charge on any atom is -0.396 e. The van der Waals surface area contributed by atoms with E-state index in [1.54, 1.807) is 6.92 Å². The van der Waals surface area contributed by atoms with Gasteiger partial charge in [-0.05, 0) is 25.2 Å². The Labute approximate surface area is 129 Å². The van der Waals surface area contributed by atoms with Crippen LogP contribution in [0.25, 0.3) is 0 Å². The molecule has 0 bridgehead atoms. The van der Waals surface area contributed by atoms with Crippen LogP contribution in [0.2, 0.25) is 0 Å². The number of aliphatic hydroxyl groups is 8. The van der Waals surface area contributed by atoms with Crippen molar-refractivity contribution in [2.45, 2.75) is 68.9 Å². The monoisotopic (exact) mass is 324 g/mol. The topological polar surface area (TPSA) is 162 Å². The Balaban J connectivity index is 2.62. The highest BCUT2D eigenvalue weighted by molar-refractivity contribution is 4.93. The van der Waals surface area contributed by atoms with Crippen molar-refractivity contribution in [3.05, 3.63) is 0 Å². The van der Waals surface area contributed by atoms with Crippen LogP contribution in [-0.4, -0.2) is 90.2 Å². The second kappa shape index (κ2) is 8.51. The summed E-state index contributed by atoms with van der Waals surface area (Å²) < 4.78 is 0. The molecule has 0 amide bonds. The van der Waals surface area contributed by atoms with Gasteiger partial charge in [-0.3, -0.25) is 0 Å². The fourth-order valence-corrected chi connectivity index (χ4v) is 3.07. The summed E-state index contributed by atoms with van der Waals surface area (Å²) in [5.41, 5.74) is 0.